The Labute approximate surface area is 154 Å². The summed E-state index contributed by atoms with van der Waals surface area (Å²) in [5.41, 5.74) is 2.67. The second-order valence-corrected chi connectivity index (χ2v) is 8.37. The van der Waals surface area contributed by atoms with E-state index in [9.17, 15) is 4.79 Å². The third kappa shape index (κ3) is 4.01. The highest BCUT2D eigenvalue weighted by molar-refractivity contribution is 7.99. The number of amides is 1. The highest BCUT2D eigenvalue weighted by atomic mass is 32.2. The molecule has 0 aromatic heterocycles. The molecule has 0 radical (unpaired) electrons. The summed E-state index contributed by atoms with van der Waals surface area (Å²) in [5.74, 6) is 1.78. The van der Waals surface area contributed by atoms with Gasteiger partial charge in [-0.3, -0.25) is 4.79 Å². The van der Waals surface area contributed by atoms with Crippen molar-refractivity contribution < 1.29 is 9.53 Å². The molecule has 1 aliphatic heterocycles. The van der Waals surface area contributed by atoms with Crippen molar-refractivity contribution in [3.8, 4) is 5.75 Å². The molecule has 0 fully saturated rings. The molecule has 3 rings (SSSR count). The summed E-state index contributed by atoms with van der Waals surface area (Å²) in [6.45, 7) is 8.29. The Balaban J connectivity index is 1.90. The molecule has 2 aromatic rings. The van der Waals surface area contributed by atoms with Crippen molar-refractivity contribution in [3.05, 3.63) is 59.2 Å². The zero-order valence-corrected chi connectivity index (χ0v) is 16.1. The molecule has 2 aromatic carbocycles. The lowest BCUT2D eigenvalue weighted by Crippen LogP contribution is -2.41. The predicted octanol–water partition coefficient (Wildman–Crippen LogP) is 5.14. The van der Waals surface area contributed by atoms with Gasteiger partial charge in [-0.25, -0.2) is 0 Å². The highest BCUT2D eigenvalue weighted by Gasteiger charge is 2.34. The first-order valence-corrected chi connectivity index (χ1v) is 9.70. The molecule has 1 amide bonds. The van der Waals surface area contributed by atoms with E-state index in [2.05, 4.69) is 39.1 Å². The van der Waals surface area contributed by atoms with Crippen molar-refractivity contribution in [2.45, 2.75) is 50.7 Å². The van der Waals surface area contributed by atoms with Crippen molar-refractivity contribution in [2.24, 2.45) is 0 Å². The summed E-state index contributed by atoms with van der Waals surface area (Å²) >= 11 is 1.69. The van der Waals surface area contributed by atoms with Gasteiger partial charge in [0.25, 0.3) is 5.91 Å². The van der Waals surface area contributed by atoms with Crippen molar-refractivity contribution >= 4 is 17.7 Å². The molecule has 0 spiro atoms. The first kappa shape index (κ1) is 17.9. The number of hydrogen-bond donors (Lipinski definition) is 1. The fourth-order valence-electron chi connectivity index (χ4n) is 3.27. The third-order valence-corrected chi connectivity index (χ3v) is 5.32. The molecule has 1 atom stereocenters. The Morgan fingerprint density at radius 1 is 1.28 bits per heavy atom. The smallest absolute Gasteiger partial charge is 0.252 e. The summed E-state index contributed by atoms with van der Waals surface area (Å²) < 4.78 is 6.10. The van der Waals surface area contributed by atoms with Crippen LogP contribution in [0.4, 0.5) is 0 Å². The molecule has 1 unspecified atom stereocenters. The number of hydrogen-bond acceptors (Lipinski definition) is 3. The maximum atomic E-state index is 12.9. The number of fused-ring (bicyclic) bond motifs is 1. The van der Waals surface area contributed by atoms with Gasteiger partial charge in [0, 0.05) is 16.9 Å². The van der Waals surface area contributed by atoms with Crippen LogP contribution in [0, 0.1) is 6.92 Å². The van der Waals surface area contributed by atoms with Crippen molar-refractivity contribution in [3.63, 3.8) is 0 Å². The fraction of sp³-hybridized carbons (Fsp3) is 0.381. The number of benzene rings is 2. The van der Waals surface area contributed by atoms with Gasteiger partial charge in [0.15, 0.2) is 0 Å². The monoisotopic (exact) mass is 355 g/mol. The average Bonchev–Trinajstić information content (AvgIpc) is 2.55. The summed E-state index contributed by atoms with van der Waals surface area (Å²) in [6, 6.07) is 13.9. The molecule has 25 heavy (non-hydrogen) atoms. The fourth-order valence-corrected chi connectivity index (χ4v) is 4.08. The maximum absolute atomic E-state index is 12.9. The molecule has 1 N–H and O–H groups in total. The number of thioether (sulfide) groups is 1. The molecular weight excluding hydrogens is 330 g/mol. The molecule has 0 bridgehead atoms. The van der Waals surface area contributed by atoms with E-state index < -0.39 is 0 Å². The molecule has 1 heterocycles. The summed E-state index contributed by atoms with van der Waals surface area (Å²) in [6.07, 6.45) is 0.748. The summed E-state index contributed by atoms with van der Waals surface area (Å²) in [4.78, 5) is 14.0. The SMILES string of the molecule is CCSc1ccccc1C(=O)NC1CC(C)(C)Oc2ccc(C)cc21. The lowest BCUT2D eigenvalue weighted by molar-refractivity contribution is 0.0618. The number of nitrogens with one attached hydrogen (secondary N) is 1. The van der Waals surface area contributed by atoms with E-state index in [4.69, 9.17) is 4.74 Å². The standard InChI is InChI=1S/C21H25NO2S/c1-5-25-19-9-7-6-8-15(19)20(23)22-17-13-21(3,4)24-18-11-10-14(2)12-16(17)18/h6-12,17H,5,13H2,1-4H3,(H,22,23). The van der Waals surface area contributed by atoms with Crippen molar-refractivity contribution in [1.29, 1.82) is 0 Å². The Hall–Kier alpha value is -1.94. The van der Waals surface area contributed by atoms with Gasteiger partial charge in [0.1, 0.15) is 11.4 Å². The predicted molar refractivity (Wildman–Crippen MR) is 104 cm³/mol. The van der Waals surface area contributed by atoms with E-state index in [0.717, 1.165) is 33.9 Å². The maximum Gasteiger partial charge on any atom is 0.252 e. The minimum absolute atomic E-state index is 0.0216. The van der Waals surface area contributed by atoms with Gasteiger partial charge >= 0.3 is 0 Å². The second kappa shape index (κ2) is 7.12. The molecule has 0 saturated heterocycles. The van der Waals surface area contributed by atoms with Gasteiger partial charge in [-0.1, -0.05) is 36.8 Å². The normalized spacial score (nSPS) is 18.2. The summed E-state index contributed by atoms with van der Waals surface area (Å²) in [7, 11) is 0. The van der Waals surface area contributed by atoms with E-state index >= 15 is 0 Å². The van der Waals surface area contributed by atoms with E-state index in [0.29, 0.717) is 0 Å². The molecule has 132 valence electrons. The highest BCUT2D eigenvalue weighted by Crippen LogP contribution is 2.40. The van der Waals surface area contributed by atoms with E-state index in [1.54, 1.807) is 11.8 Å². The van der Waals surface area contributed by atoms with Crippen LogP contribution in [0.25, 0.3) is 0 Å². The number of carbonyl (C=O) groups excluding carboxylic acids is 1. The largest absolute Gasteiger partial charge is 0.487 e. The van der Waals surface area contributed by atoms with Crippen LogP contribution in [0.3, 0.4) is 0 Å². The Bertz CT molecular complexity index is 785. The van der Waals surface area contributed by atoms with Gasteiger partial charge in [0.05, 0.1) is 11.6 Å². The van der Waals surface area contributed by atoms with Crippen LogP contribution < -0.4 is 10.1 Å². The number of aryl methyl sites for hydroxylation is 1. The van der Waals surface area contributed by atoms with Gasteiger partial charge in [-0.15, -0.1) is 11.8 Å². The zero-order chi connectivity index (χ0) is 18.0. The second-order valence-electron chi connectivity index (χ2n) is 7.06. The lowest BCUT2D eigenvalue weighted by Gasteiger charge is -2.38. The van der Waals surface area contributed by atoms with Gasteiger partial charge in [-0.2, -0.15) is 0 Å². The molecule has 4 heteroatoms. The lowest BCUT2D eigenvalue weighted by atomic mass is 9.88. The van der Waals surface area contributed by atoms with Gasteiger partial charge in [-0.05, 0) is 44.7 Å². The van der Waals surface area contributed by atoms with Gasteiger partial charge in [0.2, 0.25) is 0 Å². The Morgan fingerprint density at radius 3 is 2.80 bits per heavy atom. The minimum Gasteiger partial charge on any atom is -0.487 e. The quantitative estimate of drug-likeness (QED) is 0.772. The number of rotatable bonds is 4. The zero-order valence-electron chi connectivity index (χ0n) is 15.3. The van der Waals surface area contributed by atoms with Crippen LogP contribution in [0.5, 0.6) is 5.75 Å². The first-order valence-electron chi connectivity index (χ1n) is 8.72. The molecule has 0 aliphatic carbocycles. The van der Waals surface area contributed by atoms with Crippen molar-refractivity contribution in [2.75, 3.05) is 5.75 Å². The average molecular weight is 356 g/mol. The van der Waals surface area contributed by atoms with E-state index in [-0.39, 0.29) is 17.6 Å². The topological polar surface area (TPSA) is 38.3 Å². The van der Waals surface area contributed by atoms with E-state index in [1.165, 1.54) is 5.56 Å². The van der Waals surface area contributed by atoms with Crippen LogP contribution in [-0.2, 0) is 0 Å². The Morgan fingerprint density at radius 2 is 2.04 bits per heavy atom. The van der Waals surface area contributed by atoms with Crippen molar-refractivity contribution in [1.82, 2.24) is 5.32 Å². The van der Waals surface area contributed by atoms with E-state index in [1.807, 2.05) is 36.4 Å². The van der Waals surface area contributed by atoms with Gasteiger partial charge < -0.3 is 10.1 Å². The van der Waals surface area contributed by atoms with Crippen LogP contribution in [-0.4, -0.2) is 17.3 Å². The minimum atomic E-state index is -0.308. The summed E-state index contributed by atoms with van der Waals surface area (Å²) in [5, 5.41) is 3.24. The third-order valence-electron chi connectivity index (χ3n) is 4.36. The number of carbonyl (C=O) groups is 1. The molecule has 1 aliphatic rings. The first-order chi connectivity index (χ1) is 11.9. The molecule has 3 nitrogen and oxygen atoms in total. The van der Waals surface area contributed by atoms with Crippen LogP contribution in [0.2, 0.25) is 0 Å². The number of ether oxygens (including phenoxy) is 1. The van der Waals surface area contributed by atoms with Crippen LogP contribution in [0.15, 0.2) is 47.4 Å². The Kier molecular flexibility index (Phi) is 5.09. The van der Waals surface area contributed by atoms with Crippen LogP contribution >= 0.6 is 11.8 Å². The van der Waals surface area contributed by atoms with Crippen LogP contribution in [0.1, 0.15) is 54.7 Å². The molecule has 0 saturated carbocycles. The molecular formula is C21H25NO2S.